The smallest absolute Gasteiger partial charge is 0.344 e. The van der Waals surface area contributed by atoms with Crippen LogP contribution in [0.1, 0.15) is 38.5 Å². The zero-order chi connectivity index (χ0) is 19.1. The number of carbonyl (C=O) groups is 2. The van der Waals surface area contributed by atoms with Gasteiger partial charge in [0.1, 0.15) is 5.75 Å². The molecule has 4 nitrogen and oxygen atoms in total. The van der Waals surface area contributed by atoms with E-state index in [2.05, 4.69) is 0 Å². The first-order chi connectivity index (χ1) is 13.6. The molecule has 0 radical (unpaired) electrons. The van der Waals surface area contributed by atoms with E-state index in [0.717, 1.165) is 30.0 Å². The third-order valence-electron chi connectivity index (χ3n) is 7.07. The van der Waals surface area contributed by atoms with Crippen LogP contribution in [-0.4, -0.2) is 25.0 Å². The molecule has 4 aliphatic rings. The minimum Gasteiger partial charge on any atom is -0.482 e. The average Bonchev–Trinajstić information content (AvgIpc) is 2.69. The van der Waals surface area contributed by atoms with Gasteiger partial charge in [-0.15, -0.1) is 0 Å². The van der Waals surface area contributed by atoms with Crippen molar-refractivity contribution < 1.29 is 19.1 Å². The number of hydrogen-bond acceptors (Lipinski definition) is 4. The van der Waals surface area contributed by atoms with Crippen LogP contribution in [-0.2, 0) is 14.3 Å². The number of fused-ring (bicyclic) bond motifs is 1. The second-order valence-electron chi connectivity index (χ2n) is 9.08. The molecule has 6 rings (SSSR count). The lowest BCUT2D eigenvalue weighted by atomic mass is 9.48. The molecule has 0 N–H and O–H groups in total. The van der Waals surface area contributed by atoms with Crippen molar-refractivity contribution in [1.82, 2.24) is 0 Å². The van der Waals surface area contributed by atoms with Gasteiger partial charge in [-0.3, -0.25) is 4.79 Å². The minimum absolute atomic E-state index is 0.105. The van der Waals surface area contributed by atoms with Crippen molar-refractivity contribution in [1.29, 1.82) is 0 Å². The minimum atomic E-state index is -0.480. The lowest BCUT2D eigenvalue weighted by molar-refractivity contribution is -0.158. The van der Waals surface area contributed by atoms with Crippen LogP contribution in [0.4, 0.5) is 0 Å². The molecule has 0 saturated heterocycles. The van der Waals surface area contributed by atoms with Crippen molar-refractivity contribution in [2.45, 2.75) is 38.5 Å². The van der Waals surface area contributed by atoms with Crippen LogP contribution in [0.3, 0.4) is 0 Å². The average molecular weight is 378 g/mol. The molecule has 146 valence electrons. The van der Waals surface area contributed by atoms with E-state index < -0.39 is 5.97 Å². The largest absolute Gasteiger partial charge is 0.482 e. The Morgan fingerprint density at radius 3 is 2.18 bits per heavy atom. The Kier molecular flexibility index (Phi) is 4.37. The molecule has 2 aromatic carbocycles. The van der Waals surface area contributed by atoms with E-state index in [9.17, 15) is 9.59 Å². The highest BCUT2D eigenvalue weighted by atomic mass is 16.6. The summed E-state index contributed by atoms with van der Waals surface area (Å²) in [7, 11) is 0. The number of esters is 1. The first kappa shape index (κ1) is 17.7. The fourth-order valence-electron chi connectivity index (χ4n) is 6.19. The first-order valence-corrected chi connectivity index (χ1v) is 10.4. The highest BCUT2D eigenvalue weighted by Crippen LogP contribution is 2.60. The van der Waals surface area contributed by atoms with Crippen molar-refractivity contribution in [2.75, 3.05) is 13.2 Å². The molecule has 0 amide bonds. The van der Waals surface area contributed by atoms with Crippen molar-refractivity contribution in [2.24, 2.45) is 23.2 Å². The molecule has 4 saturated carbocycles. The molecule has 4 heteroatoms. The van der Waals surface area contributed by atoms with Gasteiger partial charge in [0, 0.05) is 5.41 Å². The molecule has 4 bridgehead atoms. The maximum atomic E-state index is 12.9. The second-order valence-corrected chi connectivity index (χ2v) is 9.08. The van der Waals surface area contributed by atoms with Gasteiger partial charge in [0.05, 0.1) is 0 Å². The number of Topliss-reactive ketones (excluding diaryl/α,β-unsaturated/α-hetero) is 1. The van der Waals surface area contributed by atoms with Crippen LogP contribution < -0.4 is 4.74 Å². The Hall–Kier alpha value is -2.36. The first-order valence-electron chi connectivity index (χ1n) is 10.4. The molecule has 0 heterocycles. The number of ketones is 1. The summed E-state index contributed by atoms with van der Waals surface area (Å²) in [5.41, 5.74) is -0.214. The van der Waals surface area contributed by atoms with Crippen molar-refractivity contribution >= 4 is 22.5 Å². The third kappa shape index (κ3) is 3.30. The molecular weight excluding hydrogens is 352 g/mol. The van der Waals surface area contributed by atoms with E-state index in [1.807, 2.05) is 42.5 Å². The SMILES string of the molecule is O=C(COc1ccc2ccccc2c1)OCC(=O)C12CC3CC(CC(C3)C1)C2. The van der Waals surface area contributed by atoms with E-state index >= 15 is 0 Å². The fourth-order valence-corrected chi connectivity index (χ4v) is 6.19. The fraction of sp³-hybridized carbons (Fsp3) is 0.500. The summed E-state index contributed by atoms with van der Waals surface area (Å²) in [6.07, 6.45) is 6.90. The zero-order valence-corrected chi connectivity index (χ0v) is 16.1. The van der Waals surface area contributed by atoms with Crippen LogP contribution in [0.5, 0.6) is 5.75 Å². The van der Waals surface area contributed by atoms with Crippen molar-refractivity contribution in [3.8, 4) is 5.75 Å². The lowest BCUT2D eigenvalue weighted by Crippen LogP contribution is -2.51. The van der Waals surface area contributed by atoms with Crippen LogP contribution in [0.2, 0.25) is 0 Å². The summed E-state index contributed by atoms with van der Waals surface area (Å²) >= 11 is 0. The number of hydrogen-bond donors (Lipinski definition) is 0. The molecule has 0 aliphatic heterocycles. The molecule has 0 spiro atoms. The number of rotatable bonds is 6. The van der Waals surface area contributed by atoms with E-state index in [1.54, 1.807) is 0 Å². The highest BCUT2D eigenvalue weighted by molar-refractivity contribution is 5.88. The highest BCUT2D eigenvalue weighted by Gasteiger charge is 2.54. The maximum absolute atomic E-state index is 12.9. The molecular formula is C24H26O4. The van der Waals surface area contributed by atoms with Crippen LogP contribution in [0.25, 0.3) is 10.8 Å². The quantitative estimate of drug-likeness (QED) is 0.692. The van der Waals surface area contributed by atoms with Gasteiger partial charge >= 0.3 is 5.97 Å². The summed E-state index contributed by atoms with van der Waals surface area (Å²) in [4.78, 5) is 25.0. The van der Waals surface area contributed by atoms with E-state index in [0.29, 0.717) is 23.5 Å². The second kappa shape index (κ2) is 6.91. The molecule has 0 atom stereocenters. The summed E-state index contributed by atoms with van der Waals surface area (Å²) in [6.45, 7) is -0.279. The molecule has 4 aliphatic carbocycles. The standard InChI is InChI=1S/C24H26O4/c25-22(24-11-16-7-17(12-24)9-18(8-16)13-24)14-28-23(26)15-27-21-6-5-19-3-1-2-4-20(19)10-21/h1-6,10,16-18H,7-9,11-15H2. The molecule has 2 aromatic rings. The normalized spacial score (nSPS) is 30.4. The summed E-state index contributed by atoms with van der Waals surface area (Å²) < 4.78 is 10.9. The Labute approximate surface area is 165 Å². The predicted octanol–water partition coefficient (Wildman–Crippen LogP) is 4.55. The van der Waals surface area contributed by atoms with Gasteiger partial charge in [0.2, 0.25) is 0 Å². The maximum Gasteiger partial charge on any atom is 0.344 e. The molecule has 28 heavy (non-hydrogen) atoms. The van der Waals surface area contributed by atoms with Gasteiger partial charge in [-0.25, -0.2) is 4.79 Å². The van der Waals surface area contributed by atoms with Gasteiger partial charge in [-0.1, -0.05) is 30.3 Å². The van der Waals surface area contributed by atoms with E-state index in [1.165, 1.54) is 19.3 Å². The topological polar surface area (TPSA) is 52.6 Å². The lowest BCUT2D eigenvalue weighted by Gasteiger charge is -2.55. The third-order valence-corrected chi connectivity index (χ3v) is 7.07. The molecule has 0 unspecified atom stereocenters. The van der Waals surface area contributed by atoms with Gasteiger partial charge in [0.15, 0.2) is 19.0 Å². The Morgan fingerprint density at radius 1 is 0.857 bits per heavy atom. The molecule has 4 fully saturated rings. The van der Waals surface area contributed by atoms with Crippen LogP contribution >= 0.6 is 0 Å². The summed E-state index contributed by atoms with van der Waals surface area (Å²) in [5.74, 6) is 2.41. The Balaban J connectivity index is 1.14. The Bertz CT molecular complexity index is 880. The molecule has 0 aromatic heterocycles. The predicted molar refractivity (Wildman–Crippen MR) is 106 cm³/mol. The van der Waals surface area contributed by atoms with Crippen molar-refractivity contribution in [3.63, 3.8) is 0 Å². The van der Waals surface area contributed by atoms with Crippen LogP contribution in [0.15, 0.2) is 42.5 Å². The number of ether oxygens (including phenoxy) is 2. The zero-order valence-electron chi connectivity index (χ0n) is 16.1. The van der Waals surface area contributed by atoms with E-state index in [4.69, 9.17) is 9.47 Å². The monoisotopic (exact) mass is 378 g/mol. The number of carbonyl (C=O) groups excluding carboxylic acids is 2. The van der Waals surface area contributed by atoms with Crippen LogP contribution in [0, 0.1) is 23.2 Å². The van der Waals surface area contributed by atoms with Gasteiger partial charge < -0.3 is 9.47 Å². The van der Waals surface area contributed by atoms with Crippen molar-refractivity contribution in [3.05, 3.63) is 42.5 Å². The van der Waals surface area contributed by atoms with Gasteiger partial charge in [-0.05, 0) is 79.2 Å². The van der Waals surface area contributed by atoms with Gasteiger partial charge in [0.25, 0.3) is 0 Å². The summed E-state index contributed by atoms with van der Waals surface area (Å²) in [5, 5.41) is 2.18. The Morgan fingerprint density at radius 2 is 1.50 bits per heavy atom. The van der Waals surface area contributed by atoms with Gasteiger partial charge in [-0.2, -0.15) is 0 Å². The summed E-state index contributed by atoms with van der Waals surface area (Å²) in [6, 6.07) is 13.7. The number of benzene rings is 2. The van der Waals surface area contributed by atoms with E-state index in [-0.39, 0.29) is 24.4 Å².